The fraction of sp³-hybridized carbons (Fsp3) is 0.238. The van der Waals surface area contributed by atoms with Gasteiger partial charge in [-0.05, 0) is 6.07 Å². The van der Waals surface area contributed by atoms with Gasteiger partial charge in [0.15, 0.2) is 5.13 Å². The van der Waals surface area contributed by atoms with E-state index in [1.165, 1.54) is 16.7 Å². The molecule has 0 spiro atoms. The van der Waals surface area contributed by atoms with Crippen molar-refractivity contribution in [2.24, 2.45) is 5.16 Å². The van der Waals surface area contributed by atoms with E-state index in [9.17, 15) is 19.5 Å². The quantitative estimate of drug-likeness (QED) is 0.109. The number of rotatable bonds is 8. The lowest BCUT2D eigenvalue weighted by atomic mass is 10.0. The van der Waals surface area contributed by atoms with Crippen molar-refractivity contribution in [3.8, 4) is 6.07 Å². The Hall–Kier alpha value is -4.49. The topological polar surface area (TPSA) is 192 Å². The maximum atomic E-state index is 13.1. The summed E-state index contributed by atoms with van der Waals surface area (Å²) in [5, 5.41) is 24.3. The number of aliphatic carboxylic acids is 1. The highest BCUT2D eigenvalue weighted by atomic mass is 32.2. The molecule has 3 aromatic rings. The first-order valence-electron chi connectivity index (χ1n) is 10.7. The largest absolute Gasteiger partial charge is 0.477 e. The predicted octanol–water partition coefficient (Wildman–Crippen LogP) is -0.656. The van der Waals surface area contributed by atoms with Crippen LogP contribution in [0.2, 0.25) is 0 Å². The zero-order valence-electron chi connectivity index (χ0n) is 18.8. The number of anilines is 1. The minimum atomic E-state index is -1.23. The molecule has 4 N–H and O–H groups in total. The van der Waals surface area contributed by atoms with Crippen LogP contribution in [-0.4, -0.2) is 71.0 Å². The third-order valence-electron chi connectivity index (χ3n) is 5.62. The number of nitriles is 1. The number of nitrogens with zero attached hydrogens (tertiary/aromatic N) is 7. The standard InChI is InChI=1S/C21H17N9O5S2/c22-4-8-35-26-13(16-25-21(23)37-27-16)17(31)24-14-18(32)30-15(20(33)34)11(10-36-19(14)30)9-29-7-6-28-5-2-1-3-12(28)29/h1-3,5-7,14,19H,8-10H2,(H3-,23,24,25,27,31,33,34)/p+1/b26-13+. The van der Waals surface area contributed by atoms with Gasteiger partial charge in [0.05, 0.1) is 6.20 Å². The van der Waals surface area contributed by atoms with Gasteiger partial charge in [0.25, 0.3) is 17.5 Å². The number of fused-ring (bicyclic) bond motifs is 2. The zero-order valence-corrected chi connectivity index (χ0v) is 20.5. The highest BCUT2D eigenvalue weighted by molar-refractivity contribution is 8.00. The Kier molecular flexibility index (Phi) is 6.46. The number of nitrogens with two attached hydrogens (primary N) is 1. The summed E-state index contributed by atoms with van der Waals surface area (Å²) < 4.78 is 7.74. The Labute approximate surface area is 216 Å². The maximum absolute atomic E-state index is 13.1. The second-order valence-corrected chi connectivity index (χ2v) is 9.73. The molecule has 0 bridgehead atoms. The molecule has 1 fully saturated rings. The Morgan fingerprint density at radius 2 is 2.24 bits per heavy atom. The summed E-state index contributed by atoms with van der Waals surface area (Å²) in [6.07, 6.45) is 5.59. The van der Waals surface area contributed by atoms with E-state index in [1.54, 1.807) is 6.07 Å². The molecule has 16 heteroatoms. The van der Waals surface area contributed by atoms with Gasteiger partial charge in [0.1, 0.15) is 42.1 Å². The Balaban J connectivity index is 1.36. The highest BCUT2D eigenvalue weighted by Crippen LogP contribution is 2.40. The summed E-state index contributed by atoms with van der Waals surface area (Å²) in [7, 11) is 0. The van der Waals surface area contributed by atoms with Gasteiger partial charge < -0.3 is 21.0 Å². The van der Waals surface area contributed by atoms with Crippen LogP contribution in [0.5, 0.6) is 0 Å². The lowest BCUT2D eigenvalue weighted by molar-refractivity contribution is -0.662. The number of β-lactam (4-membered cyclic amide) rings is 1. The van der Waals surface area contributed by atoms with Gasteiger partial charge in [0, 0.05) is 28.9 Å². The van der Waals surface area contributed by atoms with Crippen molar-refractivity contribution in [2.75, 3.05) is 18.1 Å². The fourth-order valence-electron chi connectivity index (χ4n) is 4.04. The maximum Gasteiger partial charge on any atom is 0.352 e. The summed E-state index contributed by atoms with van der Waals surface area (Å²) in [6.45, 7) is -0.137. The molecular weight excluding hydrogens is 522 g/mol. The van der Waals surface area contributed by atoms with Crippen LogP contribution < -0.4 is 15.6 Å². The van der Waals surface area contributed by atoms with E-state index in [0.717, 1.165) is 17.2 Å². The number of aromatic nitrogens is 4. The molecule has 2 unspecified atom stereocenters. The van der Waals surface area contributed by atoms with Crippen LogP contribution in [-0.2, 0) is 25.8 Å². The lowest BCUT2D eigenvalue weighted by Crippen LogP contribution is -2.71. The molecule has 2 aliphatic heterocycles. The Morgan fingerprint density at radius 3 is 2.97 bits per heavy atom. The molecule has 14 nitrogen and oxygen atoms in total. The van der Waals surface area contributed by atoms with Crippen LogP contribution in [0.4, 0.5) is 5.13 Å². The minimum Gasteiger partial charge on any atom is -0.477 e. The predicted molar refractivity (Wildman–Crippen MR) is 130 cm³/mol. The van der Waals surface area contributed by atoms with E-state index < -0.39 is 35.8 Å². The van der Waals surface area contributed by atoms with Crippen LogP contribution in [0, 0.1) is 11.3 Å². The molecule has 2 atom stereocenters. The number of hydrogen-bond donors (Lipinski definition) is 3. The molecule has 5 heterocycles. The first-order chi connectivity index (χ1) is 17.9. The van der Waals surface area contributed by atoms with Crippen molar-refractivity contribution in [1.82, 2.24) is 24.0 Å². The first kappa shape index (κ1) is 24.2. The summed E-state index contributed by atoms with van der Waals surface area (Å²) in [5.41, 5.74) is 6.58. The number of amides is 2. The Bertz CT molecular complexity index is 1520. The van der Waals surface area contributed by atoms with Crippen molar-refractivity contribution in [1.29, 1.82) is 5.26 Å². The zero-order chi connectivity index (χ0) is 26.1. The van der Waals surface area contributed by atoms with Gasteiger partial charge in [-0.2, -0.15) is 14.6 Å². The molecule has 0 aromatic carbocycles. The number of thioether (sulfide) groups is 1. The van der Waals surface area contributed by atoms with E-state index in [0.29, 0.717) is 11.3 Å². The second-order valence-electron chi connectivity index (χ2n) is 7.84. The van der Waals surface area contributed by atoms with Gasteiger partial charge in [-0.25, -0.2) is 13.8 Å². The van der Waals surface area contributed by atoms with Gasteiger partial charge in [0.2, 0.25) is 18.1 Å². The average Bonchev–Trinajstić information content (AvgIpc) is 3.50. The number of nitrogen functional groups attached to an aromatic ring is 1. The fourth-order valence-corrected chi connectivity index (χ4v) is 5.81. The molecule has 0 radical (unpaired) electrons. The molecule has 0 aliphatic carbocycles. The molecule has 2 aliphatic rings. The molecule has 1 saturated heterocycles. The van der Waals surface area contributed by atoms with Gasteiger partial charge in [-0.1, -0.05) is 11.2 Å². The molecule has 3 aromatic heterocycles. The average molecular weight is 541 g/mol. The van der Waals surface area contributed by atoms with Crippen molar-refractivity contribution in [3.05, 3.63) is 53.9 Å². The number of oxime groups is 1. The van der Waals surface area contributed by atoms with E-state index in [-0.39, 0.29) is 28.9 Å². The second kappa shape index (κ2) is 9.87. The van der Waals surface area contributed by atoms with Gasteiger partial charge in [-0.3, -0.25) is 14.5 Å². The summed E-state index contributed by atoms with van der Waals surface area (Å²) in [6, 6.07) is 6.39. The summed E-state index contributed by atoms with van der Waals surface area (Å²) in [4.78, 5) is 48.1. The SMILES string of the molecule is N#CCO/N=C(/C(=O)NC1C(=O)N2C(C(=O)O)=C(C[n+]3ccn4ccccc43)CSC12)c1nsc(N)n1. The van der Waals surface area contributed by atoms with E-state index >= 15 is 0 Å². The number of nitrogens with one attached hydrogen (secondary N) is 1. The van der Waals surface area contributed by atoms with Gasteiger partial charge in [-0.15, -0.1) is 11.8 Å². The van der Waals surface area contributed by atoms with Crippen LogP contribution in [0.3, 0.4) is 0 Å². The monoisotopic (exact) mass is 540 g/mol. The third kappa shape index (κ3) is 4.45. The number of pyridine rings is 1. The highest BCUT2D eigenvalue weighted by Gasteiger charge is 2.54. The molecule has 188 valence electrons. The first-order valence-corrected chi connectivity index (χ1v) is 12.5. The number of carbonyl (C=O) groups excluding carboxylic acids is 2. The smallest absolute Gasteiger partial charge is 0.352 e. The normalized spacial score (nSPS) is 19.3. The van der Waals surface area contributed by atoms with Crippen molar-refractivity contribution in [3.63, 3.8) is 0 Å². The van der Waals surface area contributed by atoms with Gasteiger partial charge >= 0.3 is 5.97 Å². The number of hydrogen-bond acceptors (Lipinski definition) is 11. The molecule has 0 saturated carbocycles. The summed E-state index contributed by atoms with van der Waals surface area (Å²) in [5.74, 6) is -2.40. The number of imidazole rings is 1. The molecule has 5 rings (SSSR count). The number of carboxylic acid groups (broad SMARTS) is 1. The van der Waals surface area contributed by atoms with Crippen molar-refractivity contribution < 1.29 is 28.9 Å². The van der Waals surface area contributed by atoms with Crippen molar-refractivity contribution in [2.45, 2.75) is 18.0 Å². The minimum absolute atomic E-state index is 0.0853. The van der Waals surface area contributed by atoms with E-state index in [1.807, 2.05) is 45.8 Å². The van der Waals surface area contributed by atoms with Crippen molar-refractivity contribution >= 4 is 57.6 Å². The number of carboxylic acids is 1. The van der Waals surface area contributed by atoms with E-state index in [2.05, 4.69) is 19.8 Å². The molecule has 2 amide bonds. The molecule has 37 heavy (non-hydrogen) atoms. The van der Waals surface area contributed by atoms with E-state index in [4.69, 9.17) is 15.8 Å². The van der Waals surface area contributed by atoms with Crippen LogP contribution in [0.15, 0.2) is 53.2 Å². The molecular formula is C21H18N9O5S2+. The summed E-state index contributed by atoms with van der Waals surface area (Å²) >= 11 is 2.18. The third-order valence-corrected chi connectivity index (χ3v) is 7.50. The van der Waals surface area contributed by atoms with Crippen LogP contribution >= 0.6 is 23.3 Å². The number of carbonyl (C=O) groups is 3. The van der Waals surface area contributed by atoms with Crippen LogP contribution in [0.1, 0.15) is 5.82 Å². The van der Waals surface area contributed by atoms with Crippen LogP contribution in [0.25, 0.3) is 5.65 Å². The Morgan fingerprint density at radius 1 is 1.41 bits per heavy atom. The lowest BCUT2D eigenvalue weighted by Gasteiger charge is -2.49.